The fourth-order valence-corrected chi connectivity index (χ4v) is 3.31. The molecule has 2 atom stereocenters. The minimum Gasteiger partial charge on any atom is -0.345 e. The average Bonchev–Trinajstić information content (AvgIpc) is 3.16. The standard InChI is InChI=1S/C24H36N4O3/c1-6-7-13-19(16-26-31-17-18-11-9-8-10-12-18)23(30)27-21(24(2,3)4)20(29)22-25-14-15-28(22)5/h8-12,14-15,19,21,26H,6-7,13,16-17H2,1-5H3,(H,27,30)/t19-,21-/m1/s1. The molecule has 7 heteroatoms. The Morgan fingerprint density at radius 2 is 1.90 bits per heavy atom. The third-order valence-corrected chi connectivity index (χ3v) is 5.25. The first-order chi connectivity index (χ1) is 14.7. The van der Waals surface area contributed by atoms with Gasteiger partial charge in [0.2, 0.25) is 11.7 Å². The van der Waals surface area contributed by atoms with Crippen LogP contribution in [-0.2, 0) is 23.3 Å². The Balaban J connectivity index is 2.01. The number of Topliss-reactive ketones (excluding diaryl/α,β-unsaturated/α-hetero) is 1. The number of carbonyl (C=O) groups is 2. The van der Waals surface area contributed by atoms with Crippen molar-refractivity contribution >= 4 is 11.7 Å². The summed E-state index contributed by atoms with van der Waals surface area (Å²) in [7, 11) is 1.78. The molecular weight excluding hydrogens is 392 g/mol. The van der Waals surface area contributed by atoms with Gasteiger partial charge < -0.3 is 9.88 Å². The molecule has 1 aromatic heterocycles. The van der Waals surface area contributed by atoms with Gasteiger partial charge in [-0.3, -0.25) is 14.4 Å². The molecule has 2 rings (SSSR count). The average molecular weight is 429 g/mol. The summed E-state index contributed by atoms with van der Waals surface area (Å²) >= 11 is 0. The Kier molecular flexibility index (Phi) is 9.40. The Labute approximate surface area is 185 Å². The lowest BCUT2D eigenvalue weighted by molar-refractivity contribution is -0.127. The topological polar surface area (TPSA) is 85.2 Å². The van der Waals surface area contributed by atoms with Crippen LogP contribution < -0.4 is 10.8 Å². The highest BCUT2D eigenvalue weighted by Gasteiger charge is 2.36. The quantitative estimate of drug-likeness (QED) is 0.306. The summed E-state index contributed by atoms with van der Waals surface area (Å²) in [6.45, 7) is 8.73. The molecule has 7 nitrogen and oxygen atoms in total. The van der Waals surface area contributed by atoms with Crippen molar-refractivity contribution in [2.24, 2.45) is 18.4 Å². The van der Waals surface area contributed by atoms with Crippen molar-refractivity contribution in [1.29, 1.82) is 0 Å². The van der Waals surface area contributed by atoms with Gasteiger partial charge in [-0.05, 0) is 17.4 Å². The van der Waals surface area contributed by atoms with E-state index in [-0.39, 0.29) is 17.6 Å². The van der Waals surface area contributed by atoms with E-state index >= 15 is 0 Å². The van der Waals surface area contributed by atoms with Crippen LogP contribution in [0.5, 0.6) is 0 Å². The van der Waals surface area contributed by atoms with Crippen LogP contribution in [0.4, 0.5) is 0 Å². The lowest BCUT2D eigenvalue weighted by atomic mass is 9.83. The molecule has 2 N–H and O–H groups in total. The molecule has 170 valence electrons. The van der Waals surface area contributed by atoms with Crippen LogP contribution in [0.15, 0.2) is 42.7 Å². The van der Waals surface area contributed by atoms with Gasteiger partial charge in [0.25, 0.3) is 0 Å². The molecule has 0 aliphatic carbocycles. The zero-order chi connectivity index (χ0) is 22.9. The lowest BCUT2D eigenvalue weighted by Crippen LogP contribution is -2.52. The summed E-state index contributed by atoms with van der Waals surface area (Å²) in [6.07, 6.45) is 5.95. The number of aryl methyl sites for hydroxylation is 1. The van der Waals surface area contributed by atoms with Gasteiger partial charge in [-0.15, -0.1) is 0 Å². The Morgan fingerprint density at radius 1 is 1.19 bits per heavy atom. The van der Waals surface area contributed by atoms with Gasteiger partial charge in [-0.1, -0.05) is 70.9 Å². The first-order valence-electron chi connectivity index (χ1n) is 10.9. The molecule has 1 amide bonds. The van der Waals surface area contributed by atoms with E-state index in [4.69, 9.17) is 4.84 Å². The first-order valence-corrected chi connectivity index (χ1v) is 10.9. The van der Waals surface area contributed by atoms with Crippen molar-refractivity contribution in [2.45, 2.75) is 59.6 Å². The second-order valence-corrected chi connectivity index (χ2v) is 9.00. The molecule has 0 fully saturated rings. The van der Waals surface area contributed by atoms with E-state index in [1.165, 1.54) is 0 Å². The highest BCUT2D eigenvalue weighted by atomic mass is 16.6. The number of nitrogens with zero attached hydrogens (tertiary/aromatic N) is 2. The van der Waals surface area contributed by atoms with Crippen molar-refractivity contribution in [2.75, 3.05) is 6.54 Å². The van der Waals surface area contributed by atoms with E-state index in [0.717, 1.165) is 24.8 Å². The van der Waals surface area contributed by atoms with E-state index in [1.807, 2.05) is 51.1 Å². The number of carbonyl (C=O) groups excluding carboxylic acids is 2. The molecule has 2 aromatic rings. The number of benzene rings is 1. The molecule has 0 bridgehead atoms. The molecular formula is C24H36N4O3. The van der Waals surface area contributed by atoms with Crippen LogP contribution in [0, 0.1) is 11.3 Å². The minimum absolute atomic E-state index is 0.147. The molecule has 1 heterocycles. The number of hydroxylamine groups is 1. The fourth-order valence-electron chi connectivity index (χ4n) is 3.31. The fraction of sp³-hybridized carbons (Fsp3) is 0.542. The normalized spacial score (nSPS) is 13.6. The van der Waals surface area contributed by atoms with Gasteiger partial charge in [0.1, 0.15) is 6.04 Å². The van der Waals surface area contributed by atoms with Crippen LogP contribution in [0.3, 0.4) is 0 Å². The molecule has 0 spiro atoms. The molecule has 1 aromatic carbocycles. The van der Waals surface area contributed by atoms with E-state index in [2.05, 4.69) is 22.7 Å². The molecule has 0 aliphatic rings. The molecule has 0 radical (unpaired) electrons. The zero-order valence-electron chi connectivity index (χ0n) is 19.4. The number of imidazole rings is 1. The highest BCUT2D eigenvalue weighted by Crippen LogP contribution is 2.23. The summed E-state index contributed by atoms with van der Waals surface area (Å²) in [5, 5.41) is 3.00. The number of nitrogens with one attached hydrogen (secondary N) is 2. The van der Waals surface area contributed by atoms with Crippen LogP contribution in [0.2, 0.25) is 0 Å². The third kappa shape index (κ3) is 7.60. The maximum Gasteiger partial charge on any atom is 0.225 e. The number of hydrogen-bond acceptors (Lipinski definition) is 5. The second-order valence-electron chi connectivity index (χ2n) is 9.00. The number of aromatic nitrogens is 2. The van der Waals surface area contributed by atoms with Gasteiger partial charge in [-0.25, -0.2) is 10.5 Å². The van der Waals surface area contributed by atoms with Crippen molar-refractivity contribution in [3.8, 4) is 0 Å². The Morgan fingerprint density at radius 3 is 2.48 bits per heavy atom. The van der Waals surface area contributed by atoms with Crippen molar-refractivity contribution < 1.29 is 14.4 Å². The van der Waals surface area contributed by atoms with Crippen molar-refractivity contribution in [3.05, 3.63) is 54.1 Å². The van der Waals surface area contributed by atoms with Gasteiger partial charge in [0, 0.05) is 26.0 Å². The van der Waals surface area contributed by atoms with Gasteiger partial charge in [0.15, 0.2) is 5.82 Å². The van der Waals surface area contributed by atoms with Crippen LogP contribution in [0.25, 0.3) is 0 Å². The summed E-state index contributed by atoms with van der Waals surface area (Å²) in [4.78, 5) is 36.0. The van der Waals surface area contributed by atoms with Crippen LogP contribution in [-0.4, -0.2) is 33.8 Å². The predicted octanol–water partition coefficient (Wildman–Crippen LogP) is 3.66. The predicted molar refractivity (Wildman–Crippen MR) is 121 cm³/mol. The van der Waals surface area contributed by atoms with E-state index < -0.39 is 11.5 Å². The minimum atomic E-state index is -0.671. The van der Waals surface area contributed by atoms with Gasteiger partial charge in [-0.2, -0.15) is 0 Å². The van der Waals surface area contributed by atoms with Crippen LogP contribution in [0.1, 0.15) is 63.1 Å². The molecule has 0 unspecified atom stereocenters. The molecule has 31 heavy (non-hydrogen) atoms. The number of amides is 1. The number of ketones is 1. The number of rotatable bonds is 12. The van der Waals surface area contributed by atoms with Crippen molar-refractivity contribution in [3.63, 3.8) is 0 Å². The summed E-state index contributed by atoms with van der Waals surface area (Å²) in [5.41, 5.74) is 3.54. The molecule has 0 aliphatic heterocycles. The van der Waals surface area contributed by atoms with Gasteiger partial charge in [0.05, 0.1) is 12.5 Å². The smallest absolute Gasteiger partial charge is 0.225 e. The monoisotopic (exact) mass is 428 g/mol. The first kappa shape index (κ1) is 24.8. The summed E-state index contributed by atoms with van der Waals surface area (Å²) < 4.78 is 1.68. The van der Waals surface area contributed by atoms with E-state index in [9.17, 15) is 9.59 Å². The summed E-state index contributed by atoms with van der Waals surface area (Å²) in [6, 6.07) is 9.18. The van der Waals surface area contributed by atoms with E-state index in [0.29, 0.717) is 19.0 Å². The summed E-state index contributed by atoms with van der Waals surface area (Å²) in [5.74, 6) is -0.285. The van der Waals surface area contributed by atoms with Crippen molar-refractivity contribution in [1.82, 2.24) is 20.3 Å². The van der Waals surface area contributed by atoms with Gasteiger partial charge >= 0.3 is 0 Å². The number of unbranched alkanes of at least 4 members (excludes halogenated alkanes) is 1. The SMILES string of the molecule is CCCC[C@H](CNOCc1ccccc1)C(=O)N[C@H](C(=O)c1nccn1C)C(C)(C)C. The number of hydrogen-bond donors (Lipinski definition) is 2. The van der Waals surface area contributed by atoms with Crippen LogP contribution >= 0.6 is 0 Å². The lowest BCUT2D eigenvalue weighted by Gasteiger charge is -2.31. The third-order valence-electron chi connectivity index (χ3n) is 5.25. The maximum atomic E-state index is 13.1. The highest BCUT2D eigenvalue weighted by molar-refractivity contribution is 6.00. The Hall–Kier alpha value is -2.51. The largest absolute Gasteiger partial charge is 0.345 e. The second kappa shape index (κ2) is 11.8. The Bertz CT molecular complexity index is 827. The molecule has 0 saturated carbocycles. The molecule has 0 saturated heterocycles. The maximum absolute atomic E-state index is 13.1. The zero-order valence-corrected chi connectivity index (χ0v) is 19.4. The van der Waals surface area contributed by atoms with E-state index in [1.54, 1.807) is 24.0 Å².